The Hall–Kier alpha value is -2.69. The van der Waals surface area contributed by atoms with Gasteiger partial charge in [-0.15, -0.1) is 0 Å². The molecule has 0 bridgehead atoms. The van der Waals surface area contributed by atoms with Crippen molar-refractivity contribution >= 4 is 27.6 Å². The number of nitrogens with one attached hydrogen (secondary N) is 2. The van der Waals surface area contributed by atoms with Gasteiger partial charge in [0.05, 0.1) is 13.2 Å². The zero-order valence-corrected chi connectivity index (χ0v) is 17.0. The van der Waals surface area contributed by atoms with Crippen molar-refractivity contribution in [2.24, 2.45) is 0 Å². The third kappa shape index (κ3) is 4.84. The first-order valence-electron chi connectivity index (χ1n) is 9.08. The van der Waals surface area contributed by atoms with Gasteiger partial charge in [0.25, 0.3) is 5.91 Å². The maximum atomic E-state index is 12.6. The summed E-state index contributed by atoms with van der Waals surface area (Å²) in [6, 6.07) is 6.71. The molecule has 0 radical (unpaired) electrons. The fourth-order valence-electron chi connectivity index (χ4n) is 2.86. The van der Waals surface area contributed by atoms with E-state index in [2.05, 4.69) is 10.3 Å². The van der Waals surface area contributed by atoms with Crippen LogP contribution in [-0.4, -0.2) is 62.5 Å². The van der Waals surface area contributed by atoms with Crippen LogP contribution in [0.1, 0.15) is 21.6 Å². The lowest BCUT2D eigenvalue weighted by atomic mass is 10.1. The average Bonchev–Trinajstić information content (AvgIpc) is 3.21. The number of rotatable bonds is 6. The van der Waals surface area contributed by atoms with Crippen LogP contribution in [0, 0.1) is 13.8 Å². The van der Waals surface area contributed by atoms with Crippen molar-refractivity contribution in [3.63, 3.8) is 0 Å². The number of amides is 1. The summed E-state index contributed by atoms with van der Waals surface area (Å²) in [6.45, 7) is 4.49. The molecule has 1 aromatic carbocycles. The van der Waals surface area contributed by atoms with Crippen molar-refractivity contribution in [1.29, 1.82) is 0 Å². The molecule has 0 aliphatic carbocycles. The summed E-state index contributed by atoms with van der Waals surface area (Å²) in [4.78, 5) is 26.8. The van der Waals surface area contributed by atoms with Gasteiger partial charge in [-0.25, -0.2) is 13.2 Å². The first-order valence-corrected chi connectivity index (χ1v) is 10.5. The normalized spacial score (nSPS) is 15.1. The molecule has 0 spiro atoms. The van der Waals surface area contributed by atoms with Gasteiger partial charge in [0.2, 0.25) is 10.0 Å². The van der Waals surface area contributed by atoms with E-state index < -0.39 is 28.5 Å². The topological polar surface area (TPSA) is 118 Å². The van der Waals surface area contributed by atoms with Crippen LogP contribution in [-0.2, 0) is 24.3 Å². The van der Waals surface area contributed by atoms with E-state index in [-0.39, 0.29) is 23.7 Å². The van der Waals surface area contributed by atoms with Crippen LogP contribution < -0.4 is 5.32 Å². The van der Waals surface area contributed by atoms with Crippen molar-refractivity contribution in [2.75, 3.05) is 38.2 Å². The Balaban J connectivity index is 1.59. The number of hydrogen-bond donors (Lipinski definition) is 2. The lowest BCUT2D eigenvalue weighted by molar-refractivity contribution is -0.119. The molecular formula is C19H23N3O6S. The standard InChI is InChI=1S/C19H23N3O6S/c1-13-4-3-5-16(14(13)2)21-18(23)12-28-19(24)17-10-15(11-20-17)29(25,26)22-6-8-27-9-7-22/h3-5,10-11,20H,6-9,12H2,1-2H3,(H,21,23). The fourth-order valence-corrected chi connectivity index (χ4v) is 4.26. The van der Waals surface area contributed by atoms with E-state index in [4.69, 9.17) is 9.47 Å². The predicted molar refractivity (Wildman–Crippen MR) is 105 cm³/mol. The summed E-state index contributed by atoms with van der Waals surface area (Å²) in [7, 11) is -3.72. The van der Waals surface area contributed by atoms with Crippen LogP contribution in [0.3, 0.4) is 0 Å². The molecule has 0 unspecified atom stereocenters. The van der Waals surface area contributed by atoms with Crippen molar-refractivity contribution in [3.8, 4) is 0 Å². The summed E-state index contributed by atoms with van der Waals surface area (Å²) < 4.78 is 36.6. The molecule has 0 saturated carbocycles. The molecular weight excluding hydrogens is 398 g/mol. The quantitative estimate of drug-likeness (QED) is 0.682. The van der Waals surface area contributed by atoms with Crippen molar-refractivity contribution in [2.45, 2.75) is 18.7 Å². The Morgan fingerprint density at radius 2 is 1.97 bits per heavy atom. The van der Waals surface area contributed by atoms with E-state index in [1.807, 2.05) is 26.0 Å². The highest BCUT2D eigenvalue weighted by molar-refractivity contribution is 7.89. The number of H-pyrrole nitrogens is 1. The van der Waals surface area contributed by atoms with Crippen LogP contribution >= 0.6 is 0 Å². The van der Waals surface area contributed by atoms with Crippen molar-refractivity contribution in [1.82, 2.24) is 9.29 Å². The van der Waals surface area contributed by atoms with Crippen molar-refractivity contribution < 1.29 is 27.5 Å². The lowest BCUT2D eigenvalue weighted by Gasteiger charge is -2.25. The maximum absolute atomic E-state index is 12.6. The number of esters is 1. The van der Waals surface area contributed by atoms with Gasteiger partial charge in [-0.1, -0.05) is 12.1 Å². The largest absolute Gasteiger partial charge is 0.451 e. The maximum Gasteiger partial charge on any atom is 0.355 e. The van der Waals surface area contributed by atoms with E-state index in [0.29, 0.717) is 18.9 Å². The molecule has 2 aromatic rings. The minimum atomic E-state index is -3.72. The highest BCUT2D eigenvalue weighted by Crippen LogP contribution is 2.19. The monoisotopic (exact) mass is 421 g/mol. The van der Waals surface area contributed by atoms with E-state index >= 15 is 0 Å². The molecule has 29 heavy (non-hydrogen) atoms. The summed E-state index contributed by atoms with van der Waals surface area (Å²) in [5, 5.41) is 2.69. The third-order valence-corrected chi connectivity index (χ3v) is 6.57. The summed E-state index contributed by atoms with van der Waals surface area (Å²) in [5.74, 6) is -1.30. The predicted octanol–water partition coefficient (Wildman–Crippen LogP) is 1.45. The number of aromatic amines is 1. The zero-order chi connectivity index (χ0) is 21.0. The molecule has 10 heteroatoms. The molecule has 1 aliphatic rings. The van der Waals surface area contributed by atoms with Gasteiger partial charge < -0.3 is 19.8 Å². The van der Waals surface area contributed by atoms with Crippen LogP contribution in [0.2, 0.25) is 0 Å². The molecule has 1 amide bonds. The van der Waals surface area contributed by atoms with E-state index in [1.54, 1.807) is 6.07 Å². The van der Waals surface area contributed by atoms with Gasteiger partial charge in [-0.05, 0) is 37.1 Å². The molecule has 1 fully saturated rings. The molecule has 1 saturated heterocycles. The summed E-state index contributed by atoms with van der Waals surface area (Å²) in [5.41, 5.74) is 2.55. The fraction of sp³-hybridized carbons (Fsp3) is 0.368. The number of nitrogens with zero attached hydrogens (tertiary/aromatic N) is 1. The third-order valence-electron chi connectivity index (χ3n) is 4.70. The minimum Gasteiger partial charge on any atom is -0.451 e. The number of aryl methyl sites for hydroxylation is 1. The van der Waals surface area contributed by atoms with Crippen molar-refractivity contribution in [3.05, 3.63) is 47.3 Å². The number of benzene rings is 1. The average molecular weight is 421 g/mol. The second-order valence-electron chi connectivity index (χ2n) is 6.64. The Morgan fingerprint density at radius 1 is 1.24 bits per heavy atom. The molecule has 9 nitrogen and oxygen atoms in total. The Labute approximate surface area is 169 Å². The number of morpholine rings is 1. The summed E-state index contributed by atoms with van der Waals surface area (Å²) >= 11 is 0. The summed E-state index contributed by atoms with van der Waals surface area (Å²) in [6.07, 6.45) is 1.23. The van der Waals surface area contributed by atoms with Gasteiger partial charge in [0, 0.05) is 25.0 Å². The van der Waals surface area contributed by atoms with Gasteiger partial charge in [-0.2, -0.15) is 4.31 Å². The molecule has 0 atom stereocenters. The van der Waals surface area contributed by atoms with E-state index in [9.17, 15) is 18.0 Å². The number of sulfonamides is 1. The smallest absolute Gasteiger partial charge is 0.355 e. The highest BCUT2D eigenvalue weighted by Gasteiger charge is 2.28. The van der Waals surface area contributed by atoms with E-state index in [1.165, 1.54) is 16.6 Å². The molecule has 2 heterocycles. The molecule has 3 rings (SSSR count). The van der Waals surface area contributed by atoms with E-state index in [0.717, 1.165) is 11.1 Å². The molecule has 2 N–H and O–H groups in total. The second kappa shape index (κ2) is 8.76. The number of carbonyl (C=O) groups excluding carboxylic acids is 2. The van der Waals surface area contributed by atoms with Gasteiger partial charge >= 0.3 is 5.97 Å². The zero-order valence-electron chi connectivity index (χ0n) is 16.2. The van der Waals surface area contributed by atoms with Crippen LogP contribution in [0.15, 0.2) is 35.4 Å². The molecule has 1 aliphatic heterocycles. The highest BCUT2D eigenvalue weighted by atomic mass is 32.2. The number of aromatic nitrogens is 1. The number of hydrogen-bond acceptors (Lipinski definition) is 6. The Bertz CT molecular complexity index is 1010. The number of ether oxygens (including phenoxy) is 2. The van der Waals surface area contributed by atoms with Gasteiger partial charge in [-0.3, -0.25) is 4.79 Å². The molecule has 156 valence electrons. The van der Waals surface area contributed by atoms with Crippen LogP contribution in [0.25, 0.3) is 0 Å². The first kappa shape index (κ1) is 21.0. The Morgan fingerprint density at radius 3 is 2.69 bits per heavy atom. The second-order valence-corrected chi connectivity index (χ2v) is 8.58. The first-order chi connectivity index (χ1) is 13.8. The Kier molecular flexibility index (Phi) is 6.36. The SMILES string of the molecule is Cc1cccc(NC(=O)COC(=O)c2cc(S(=O)(=O)N3CCOCC3)c[nH]2)c1C. The number of anilines is 1. The molecule has 1 aromatic heterocycles. The minimum absolute atomic E-state index is 0.0359. The van der Waals surface area contributed by atoms with Gasteiger partial charge in [0.1, 0.15) is 10.6 Å². The van der Waals surface area contributed by atoms with Crippen LogP contribution in [0.5, 0.6) is 0 Å². The van der Waals surface area contributed by atoms with Crippen LogP contribution in [0.4, 0.5) is 5.69 Å². The lowest BCUT2D eigenvalue weighted by Crippen LogP contribution is -2.40. The number of carbonyl (C=O) groups is 2. The van der Waals surface area contributed by atoms with Gasteiger partial charge in [0.15, 0.2) is 6.61 Å².